The third-order valence-corrected chi connectivity index (χ3v) is 2.40. The van der Waals surface area contributed by atoms with Gasteiger partial charge in [0.1, 0.15) is 5.83 Å². The molecule has 0 heterocycles. The Labute approximate surface area is 85.4 Å². The van der Waals surface area contributed by atoms with Crippen LogP contribution >= 0.6 is 0 Å². The molecule has 0 radical (unpaired) electrons. The van der Waals surface area contributed by atoms with Crippen LogP contribution in [-0.4, -0.2) is 6.21 Å². The summed E-state index contributed by atoms with van der Waals surface area (Å²) in [6, 6.07) is 0. The SMILES string of the molecule is C=C(C)/C(F)=C(/CCC1CC1)N=CC. The van der Waals surface area contributed by atoms with Crippen molar-refractivity contribution in [2.45, 2.75) is 39.5 Å². The molecular formula is C12H18FN. The normalized spacial score (nSPS) is 18.5. The van der Waals surface area contributed by atoms with E-state index in [0.29, 0.717) is 11.3 Å². The summed E-state index contributed by atoms with van der Waals surface area (Å²) in [5.41, 5.74) is 1.04. The summed E-state index contributed by atoms with van der Waals surface area (Å²) in [5, 5.41) is 0. The van der Waals surface area contributed by atoms with Crippen molar-refractivity contribution in [1.82, 2.24) is 0 Å². The quantitative estimate of drug-likeness (QED) is 0.464. The monoisotopic (exact) mass is 195 g/mol. The van der Waals surface area contributed by atoms with Crippen LogP contribution in [-0.2, 0) is 0 Å². The van der Waals surface area contributed by atoms with E-state index in [1.165, 1.54) is 12.8 Å². The van der Waals surface area contributed by atoms with E-state index in [-0.39, 0.29) is 5.83 Å². The Hall–Kier alpha value is -0.920. The molecule has 0 aromatic rings. The smallest absolute Gasteiger partial charge is 0.146 e. The summed E-state index contributed by atoms with van der Waals surface area (Å²) in [6.07, 6.45) is 6.06. The minimum atomic E-state index is -0.233. The lowest BCUT2D eigenvalue weighted by Crippen LogP contribution is -1.88. The van der Waals surface area contributed by atoms with Crippen LogP contribution in [0.2, 0.25) is 0 Å². The molecule has 0 aliphatic heterocycles. The van der Waals surface area contributed by atoms with Crippen LogP contribution in [0.5, 0.6) is 0 Å². The lowest BCUT2D eigenvalue weighted by molar-refractivity contribution is 0.614. The average Bonchev–Trinajstić information content (AvgIpc) is 2.94. The highest BCUT2D eigenvalue weighted by atomic mass is 19.1. The van der Waals surface area contributed by atoms with Crippen LogP contribution in [0, 0.1) is 5.92 Å². The van der Waals surface area contributed by atoms with E-state index in [2.05, 4.69) is 11.6 Å². The van der Waals surface area contributed by atoms with Gasteiger partial charge in [0, 0.05) is 6.21 Å². The van der Waals surface area contributed by atoms with Crippen molar-refractivity contribution in [1.29, 1.82) is 0 Å². The molecule has 14 heavy (non-hydrogen) atoms. The van der Waals surface area contributed by atoms with Crippen molar-refractivity contribution in [2.75, 3.05) is 0 Å². The van der Waals surface area contributed by atoms with E-state index in [9.17, 15) is 4.39 Å². The predicted molar refractivity (Wildman–Crippen MR) is 59.1 cm³/mol. The van der Waals surface area contributed by atoms with Crippen molar-refractivity contribution in [3.63, 3.8) is 0 Å². The third-order valence-electron chi connectivity index (χ3n) is 2.40. The van der Waals surface area contributed by atoms with Crippen LogP contribution in [0.25, 0.3) is 0 Å². The Balaban J connectivity index is 2.60. The van der Waals surface area contributed by atoms with Gasteiger partial charge in [0.15, 0.2) is 0 Å². The van der Waals surface area contributed by atoms with E-state index < -0.39 is 0 Å². The third kappa shape index (κ3) is 3.44. The molecule has 1 aliphatic rings. The molecule has 78 valence electrons. The van der Waals surface area contributed by atoms with Gasteiger partial charge in [0.2, 0.25) is 0 Å². The van der Waals surface area contributed by atoms with Crippen LogP contribution < -0.4 is 0 Å². The van der Waals surface area contributed by atoms with Gasteiger partial charge in [-0.3, -0.25) is 4.99 Å². The number of rotatable bonds is 5. The molecule has 1 saturated carbocycles. The van der Waals surface area contributed by atoms with Gasteiger partial charge in [-0.25, -0.2) is 4.39 Å². The van der Waals surface area contributed by atoms with E-state index in [0.717, 1.165) is 18.8 Å². The topological polar surface area (TPSA) is 12.4 Å². The molecule has 1 nitrogen and oxygen atoms in total. The van der Waals surface area contributed by atoms with Gasteiger partial charge in [0.25, 0.3) is 0 Å². The fourth-order valence-electron chi connectivity index (χ4n) is 1.38. The maximum Gasteiger partial charge on any atom is 0.146 e. The number of allylic oxidation sites excluding steroid dienone is 3. The first-order chi connectivity index (χ1) is 6.65. The lowest BCUT2D eigenvalue weighted by atomic mass is 10.1. The molecule has 1 rings (SSSR count). The fraction of sp³-hybridized carbons (Fsp3) is 0.583. The molecule has 0 aromatic carbocycles. The molecule has 0 saturated heterocycles. The Morgan fingerprint density at radius 2 is 2.21 bits per heavy atom. The minimum Gasteiger partial charge on any atom is -0.263 e. The molecule has 0 aromatic heterocycles. The maximum absolute atomic E-state index is 13.5. The van der Waals surface area contributed by atoms with Crippen molar-refractivity contribution in [3.8, 4) is 0 Å². The highest BCUT2D eigenvalue weighted by Gasteiger charge is 2.21. The second kappa shape index (κ2) is 5.08. The molecule has 0 N–H and O–H groups in total. The maximum atomic E-state index is 13.5. The second-order valence-corrected chi connectivity index (χ2v) is 3.91. The van der Waals surface area contributed by atoms with E-state index in [1.54, 1.807) is 13.1 Å². The molecular weight excluding hydrogens is 177 g/mol. The van der Waals surface area contributed by atoms with Crippen molar-refractivity contribution in [3.05, 3.63) is 23.7 Å². The van der Waals surface area contributed by atoms with Gasteiger partial charge in [-0.05, 0) is 38.2 Å². The van der Waals surface area contributed by atoms with E-state index in [4.69, 9.17) is 0 Å². The molecule has 0 spiro atoms. The standard InChI is InChI=1S/C12H18FN/c1-4-14-11(12(13)9(2)3)8-7-10-5-6-10/h4,10H,2,5-8H2,1,3H3/b12-11+,14-4?. The Bertz CT molecular complexity index is 272. The first kappa shape index (κ1) is 11.2. The number of nitrogens with zero attached hydrogens (tertiary/aromatic N) is 1. The largest absolute Gasteiger partial charge is 0.263 e. The van der Waals surface area contributed by atoms with Gasteiger partial charge in [-0.15, -0.1) is 0 Å². The molecule has 0 atom stereocenters. The van der Waals surface area contributed by atoms with Crippen LogP contribution in [0.1, 0.15) is 39.5 Å². The molecule has 1 fully saturated rings. The van der Waals surface area contributed by atoms with Gasteiger partial charge in [-0.1, -0.05) is 19.4 Å². The summed E-state index contributed by atoms with van der Waals surface area (Å²) >= 11 is 0. The van der Waals surface area contributed by atoms with Crippen molar-refractivity contribution in [2.24, 2.45) is 10.9 Å². The molecule has 1 aliphatic carbocycles. The van der Waals surface area contributed by atoms with Crippen LogP contribution in [0.4, 0.5) is 4.39 Å². The zero-order chi connectivity index (χ0) is 10.6. The molecule has 2 heteroatoms. The van der Waals surface area contributed by atoms with Gasteiger partial charge in [0.05, 0.1) is 5.70 Å². The highest BCUT2D eigenvalue weighted by Crippen LogP contribution is 2.35. The number of hydrogen-bond donors (Lipinski definition) is 0. The zero-order valence-electron chi connectivity index (χ0n) is 9.02. The van der Waals surface area contributed by atoms with Crippen molar-refractivity contribution < 1.29 is 4.39 Å². The highest BCUT2D eigenvalue weighted by molar-refractivity contribution is 5.55. The summed E-state index contributed by atoms with van der Waals surface area (Å²) in [4.78, 5) is 4.06. The first-order valence-corrected chi connectivity index (χ1v) is 5.18. The summed E-state index contributed by atoms with van der Waals surface area (Å²) in [7, 11) is 0. The zero-order valence-corrected chi connectivity index (χ0v) is 9.02. The van der Waals surface area contributed by atoms with E-state index >= 15 is 0 Å². The molecule has 0 bridgehead atoms. The minimum absolute atomic E-state index is 0.233. The molecule has 0 unspecified atom stereocenters. The van der Waals surface area contributed by atoms with Gasteiger partial charge >= 0.3 is 0 Å². The molecule has 0 amide bonds. The van der Waals surface area contributed by atoms with Crippen LogP contribution in [0.15, 0.2) is 28.7 Å². The number of aliphatic imine (C=N–C) groups is 1. The number of halogens is 1. The second-order valence-electron chi connectivity index (χ2n) is 3.91. The first-order valence-electron chi connectivity index (χ1n) is 5.18. The Morgan fingerprint density at radius 1 is 1.57 bits per heavy atom. The van der Waals surface area contributed by atoms with Gasteiger partial charge < -0.3 is 0 Å². The van der Waals surface area contributed by atoms with E-state index in [1.807, 2.05) is 6.92 Å². The lowest BCUT2D eigenvalue weighted by Gasteiger charge is -2.03. The van der Waals surface area contributed by atoms with Crippen molar-refractivity contribution >= 4 is 6.21 Å². The van der Waals surface area contributed by atoms with Crippen LogP contribution in [0.3, 0.4) is 0 Å². The average molecular weight is 195 g/mol. The van der Waals surface area contributed by atoms with Gasteiger partial charge in [-0.2, -0.15) is 0 Å². The Kier molecular flexibility index (Phi) is 4.05. The Morgan fingerprint density at radius 3 is 2.64 bits per heavy atom. The predicted octanol–water partition coefficient (Wildman–Crippen LogP) is 4.02. The summed E-state index contributed by atoms with van der Waals surface area (Å²) < 4.78 is 13.5. The summed E-state index contributed by atoms with van der Waals surface area (Å²) in [6.45, 7) is 7.08. The summed E-state index contributed by atoms with van der Waals surface area (Å²) in [5.74, 6) is 0.582. The fourth-order valence-corrected chi connectivity index (χ4v) is 1.38. The number of hydrogen-bond acceptors (Lipinski definition) is 1.